The highest BCUT2D eigenvalue weighted by molar-refractivity contribution is 8.00. The molecule has 0 aliphatic heterocycles. The van der Waals surface area contributed by atoms with Crippen molar-refractivity contribution in [3.05, 3.63) is 22.9 Å². The summed E-state index contributed by atoms with van der Waals surface area (Å²) < 4.78 is 41.4. The maximum Gasteiger partial charge on any atom is 0.417 e. The molecule has 0 spiro atoms. The van der Waals surface area contributed by atoms with E-state index in [1.165, 1.54) is 26.2 Å². The molecule has 0 radical (unpaired) electrons. The van der Waals surface area contributed by atoms with E-state index in [1.807, 2.05) is 0 Å². The van der Waals surface area contributed by atoms with Crippen molar-refractivity contribution in [3.8, 4) is 6.07 Å². The molecule has 1 atom stereocenters. The molecule has 4 aliphatic carbocycles. The van der Waals surface area contributed by atoms with E-state index in [4.69, 9.17) is 0 Å². The van der Waals surface area contributed by atoms with Gasteiger partial charge < -0.3 is 0 Å². The van der Waals surface area contributed by atoms with Crippen molar-refractivity contribution in [3.63, 3.8) is 0 Å². The third-order valence-electron chi connectivity index (χ3n) is 6.85. The van der Waals surface area contributed by atoms with Crippen LogP contribution >= 0.6 is 11.8 Å². The van der Waals surface area contributed by atoms with Crippen LogP contribution in [0.4, 0.5) is 13.2 Å². The van der Waals surface area contributed by atoms with Gasteiger partial charge in [-0.3, -0.25) is 4.79 Å². The highest BCUT2D eigenvalue weighted by atomic mass is 32.2. The van der Waals surface area contributed by atoms with Gasteiger partial charge in [0.25, 0.3) is 0 Å². The molecule has 4 bridgehead atoms. The summed E-state index contributed by atoms with van der Waals surface area (Å²) in [6.07, 6.45) is 1.60. The van der Waals surface area contributed by atoms with Crippen LogP contribution in [0.25, 0.3) is 0 Å². The number of pyridine rings is 1. The third kappa shape index (κ3) is 3.34. The van der Waals surface area contributed by atoms with Crippen LogP contribution in [-0.2, 0) is 16.4 Å². The molecular weight excluding hydrogens is 385 g/mol. The second kappa shape index (κ2) is 6.76. The summed E-state index contributed by atoms with van der Waals surface area (Å²) in [6, 6.07) is 2.83. The fraction of sp³-hybridized carbons (Fsp3) is 0.667. The van der Waals surface area contributed by atoms with Crippen LogP contribution in [0.5, 0.6) is 0 Å². The first kappa shape index (κ1) is 19.8. The molecule has 5 rings (SSSR count). The van der Waals surface area contributed by atoms with Crippen LogP contribution in [0.15, 0.2) is 11.1 Å². The Bertz CT molecular complexity index is 823. The van der Waals surface area contributed by atoms with Crippen molar-refractivity contribution in [2.24, 2.45) is 17.8 Å². The fourth-order valence-corrected chi connectivity index (χ4v) is 6.81. The number of carbonyl (C=O) groups is 1. The Morgan fingerprint density at radius 2 is 1.79 bits per heavy atom. The SMILES string of the molecule is CC(=O)[C@H](C)Sc1nc(C23CC4CC(CC(C4)C2)C3)cc(C(F)(F)F)c1C#N. The van der Waals surface area contributed by atoms with Crippen LogP contribution in [0.2, 0.25) is 0 Å². The first-order valence-corrected chi connectivity index (χ1v) is 10.7. The van der Waals surface area contributed by atoms with Crippen molar-refractivity contribution < 1.29 is 18.0 Å². The van der Waals surface area contributed by atoms with Crippen molar-refractivity contribution >= 4 is 17.5 Å². The first-order valence-electron chi connectivity index (χ1n) is 9.81. The second-order valence-corrected chi connectivity index (χ2v) is 10.2. The minimum atomic E-state index is -4.63. The van der Waals surface area contributed by atoms with Crippen molar-refractivity contribution in [2.45, 2.75) is 74.2 Å². The molecule has 0 N–H and O–H groups in total. The van der Waals surface area contributed by atoms with Gasteiger partial charge in [-0.1, -0.05) is 11.8 Å². The first-order chi connectivity index (χ1) is 13.1. The van der Waals surface area contributed by atoms with Crippen molar-refractivity contribution in [2.75, 3.05) is 0 Å². The maximum absolute atomic E-state index is 13.8. The van der Waals surface area contributed by atoms with Gasteiger partial charge in [-0.05, 0) is 76.2 Å². The van der Waals surface area contributed by atoms with Gasteiger partial charge in [0.05, 0.1) is 16.4 Å². The Morgan fingerprint density at radius 3 is 2.21 bits per heavy atom. The van der Waals surface area contributed by atoms with E-state index in [0.29, 0.717) is 23.4 Å². The molecule has 4 saturated carbocycles. The van der Waals surface area contributed by atoms with E-state index in [0.717, 1.165) is 37.1 Å². The van der Waals surface area contributed by atoms with E-state index in [9.17, 15) is 23.2 Å². The van der Waals surface area contributed by atoms with Crippen LogP contribution in [-0.4, -0.2) is 16.0 Å². The zero-order valence-corrected chi connectivity index (χ0v) is 16.8. The molecule has 0 aromatic carbocycles. The average molecular weight is 408 g/mol. The Labute approximate surface area is 167 Å². The number of halogens is 3. The molecule has 1 aromatic rings. The highest BCUT2D eigenvalue weighted by Gasteiger charge is 2.53. The summed E-state index contributed by atoms with van der Waals surface area (Å²) >= 11 is 0.968. The van der Waals surface area contributed by atoms with Crippen LogP contribution < -0.4 is 0 Å². The van der Waals surface area contributed by atoms with Gasteiger partial charge in [-0.15, -0.1) is 0 Å². The summed E-state index contributed by atoms with van der Waals surface area (Å²) in [7, 11) is 0. The average Bonchev–Trinajstić information content (AvgIpc) is 2.59. The maximum atomic E-state index is 13.8. The number of hydrogen-bond donors (Lipinski definition) is 0. The lowest BCUT2D eigenvalue weighted by atomic mass is 9.48. The highest BCUT2D eigenvalue weighted by Crippen LogP contribution is 2.60. The lowest BCUT2D eigenvalue weighted by Gasteiger charge is -2.56. The quantitative estimate of drug-likeness (QED) is 0.617. The molecule has 4 fully saturated rings. The Kier molecular flexibility index (Phi) is 4.77. The van der Waals surface area contributed by atoms with Crippen molar-refractivity contribution in [1.29, 1.82) is 5.26 Å². The van der Waals surface area contributed by atoms with Gasteiger partial charge in [0.1, 0.15) is 16.9 Å². The van der Waals surface area contributed by atoms with Gasteiger partial charge in [-0.25, -0.2) is 4.98 Å². The number of Topliss-reactive ketones (excluding diaryl/α,β-unsaturated/α-hetero) is 1. The zero-order chi connectivity index (χ0) is 20.3. The minimum absolute atomic E-state index is 0.0470. The summed E-state index contributed by atoms with van der Waals surface area (Å²) in [4.78, 5) is 16.3. The number of nitriles is 1. The van der Waals surface area contributed by atoms with Gasteiger partial charge >= 0.3 is 6.18 Å². The lowest BCUT2D eigenvalue weighted by molar-refractivity contribution is -0.138. The van der Waals surface area contributed by atoms with E-state index in [2.05, 4.69) is 4.98 Å². The standard InChI is InChI=1S/C21H23F3N2OS/c1-11(27)12(2)28-19-16(10-25)17(21(22,23)24)6-18(26-19)20-7-13-3-14(8-20)5-15(4-13)9-20/h6,12-15H,3-5,7-9H2,1-2H3/t12-,13?,14?,15?,20?/m0/s1. The Balaban J connectivity index is 1.84. The molecule has 28 heavy (non-hydrogen) atoms. The van der Waals surface area contributed by atoms with Crippen molar-refractivity contribution in [1.82, 2.24) is 4.98 Å². The summed E-state index contributed by atoms with van der Waals surface area (Å²) in [5.74, 6) is 1.57. The normalized spacial score (nSPS) is 32.2. The molecule has 150 valence electrons. The molecule has 4 aliphatic rings. The zero-order valence-electron chi connectivity index (χ0n) is 16.0. The predicted molar refractivity (Wildman–Crippen MR) is 99.8 cm³/mol. The number of ketones is 1. The molecule has 0 unspecified atom stereocenters. The van der Waals surface area contributed by atoms with Crippen LogP contribution in [0, 0.1) is 29.1 Å². The van der Waals surface area contributed by atoms with Gasteiger partial charge in [0, 0.05) is 11.1 Å². The molecule has 0 amide bonds. The van der Waals surface area contributed by atoms with E-state index < -0.39 is 22.6 Å². The number of carbonyl (C=O) groups excluding carboxylic acids is 1. The Morgan fingerprint density at radius 1 is 1.25 bits per heavy atom. The smallest absolute Gasteiger partial charge is 0.299 e. The monoisotopic (exact) mass is 408 g/mol. The number of alkyl halides is 3. The number of hydrogen-bond acceptors (Lipinski definition) is 4. The summed E-state index contributed by atoms with van der Waals surface area (Å²) in [5.41, 5.74) is -1.19. The molecule has 3 nitrogen and oxygen atoms in total. The largest absolute Gasteiger partial charge is 0.417 e. The predicted octanol–water partition coefficient (Wildman–Crippen LogP) is 5.51. The topological polar surface area (TPSA) is 53.8 Å². The molecule has 0 saturated heterocycles. The number of aromatic nitrogens is 1. The van der Waals surface area contributed by atoms with E-state index in [-0.39, 0.29) is 16.2 Å². The minimum Gasteiger partial charge on any atom is -0.299 e. The number of rotatable bonds is 4. The number of nitrogens with zero attached hydrogens (tertiary/aromatic N) is 2. The van der Waals surface area contributed by atoms with Gasteiger partial charge in [-0.2, -0.15) is 18.4 Å². The molecular formula is C21H23F3N2OS. The summed E-state index contributed by atoms with van der Waals surface area (Å²) in [6.45, 7) is 3.04. The lowest BCUT2D eigenvalue weighted by Crippen LogP contribution is -2.49. The van der Waals surface area contributed by atoms with E-state index in [1.54, 1.807) is 13.0 Å². The fourth-order valence-electron chi connectivity index (χ4n) is 5.89. The third-order valence-corrected chi connectivity index (χ3v) is 8.05. The van der Waals surface area contributed by atoms with E-state index >= 15 is 0 Å². The van der Waals surface area contributed by atoms with Gasteiger partial charge in [0.15, 0.2) is 0 Å². The molecule has 1 aromatic heterocycles. The summed E-state index contributed by atoms with van der Waals surface area (Å²) in [5, 5.41) is 8.95. The molecule has 7 heteroatoms. The van der Waals surface area contributed by atoms with Gasteiger partial charge in [0.2, 0.25) is 0 Å². The Hall–Kier alpha value is -1.55. The second-order valence-electron chi connectivity index (χ2n) is 8.91. The van der Waals surface area contributed by atoms with Crippen LogP contribution in [0.1, 0.15) is 69.2 Å². The molecule has 1 heterocycles. The van der Waals surface area contributed by atoms with Crippen LogP contribution in [0.3, 0.4) is 0 Å². The number of thioether (sulfide) groups is 1.